The highest BCUT2D eigenvalue weighted by Crippen LogP contribution is 2.40. The molecule has 5 rings (SSSR count). The molecule has 1 unspecified atom stereocenters. The number of carbonyl (C=O) groups excluding carboxylic acids is 1. The van der Waals surface area contributed by atoms with Crippen LogP contribution in [0.3, 0.4) is 0 Å². The number of aromatic nitrogens is 5. The second kappa shape index (κ2) is 4.18. The lowest BCUT2D eigenvalue weighted by Gasteiger charge is -2.32. The third-order valence-electron chi connectivity index (χ3n) is 4.94. The Bertz CT molecular complexity index is 754. The Labute approximate surface area is 127 Å². The van der Waals surface area contributed by atoms with Gasteiger partial charge in [-0.25, -0.2) is 0 Å². The zero-order valence-electron chi connectivity index (χ0n) is 12.5. The van der Waals surface area contributed by atoms with Crippen molar-refractivity contribution in [1.82, 2.24) is 29.9 Å². The molecule has 2 aliphatic carbocycles. The standard InChI is InChI=1S/C15H18N6O/c1-8-15(22)20(10-4-5-10)7-13-18-19-14(21(8)13)12-6-11(16-17-12)9-2-3-9/h6,8-10H,2-5,7H2,1H3,(H,16,17). The Morgan fingerprint density at radius 3 is 2.77 bits per heavy atom. The summed E-state index contributed by atoms with van der Waals surface area (Å²) in [6.07, 6.45) is 4.68. The number of hydrogen-bond donors (Lipinski definition) is 1. The van der Waals surface area contributed by atoms with E-state index >= 15 is 0 Å². The number of fused-ring (bicyclic) bond motifs is 1. The fourth-order valence-corrected chi connectivity index (χ4v) is 3.34. The lowest BCUT2D eigenvalue weighted by molar-refractivity contribution is -0.137. The Balaban J connectivity index is 1.54. The van der Waals surface area contributed by atoms with Crippen LogP contribution in [-0.2, 0) is 11.3 Å². The van der Waals surface area contributed by atoms with Gasteiger partial charge < -0.3 is 4.90 Å². The minimum absolute atomic E-state index is 0.175. The first-order chi connectivity index (χ1) is 10.7. The van der Waals surface area contributed by atoms with Crippen LogP contribution in [0.15, 0.2) is 6.07 Å². The molecule has 3 aliphatic rings. The summed E-state index contributed by atoms with van der Waals surface area (Å²) in [5.74, 6) is 2.36. The van der Waals surface area contributed by atoms with Crippen LogP contribution in [0, 0.1) is 0 Å². The molecule has 0 radical (unpaired) electrons. The van der Waals surface area contributed by atoms with Crippen LogP contribution >= 0.6 is 0 Å². The van der Waals surface area contributed by atoms with Crippen LogP contribution in [0.5, 0.6) is 0 Å². The van der Waals surface area contributed by atoms with Gasteiger partial charge in [0.15, 0.2) is 11.6 Å². The largest absolute Gasteiger partial charge is 0.330 e. The van der Waals surface area contributed by atoms with Crippen LogP contribution in [0.1, 0.15) is 56.1 Å². The molecule has 2 saturated carbocycles. The van der Waals surface area contributed by atoms with Crippen molar-refractivity contribution < 1.29 is 4.79 Å². The van der Waals surface area contributed by atoms with Gasteiger partial charge in [-0.05, 0) is 38.7 Å². The van der Waals surface area contributed by atoms with Gasteiger partial charge in [-0.1, -0.05) is 0 Å². The van der Waals surface area contributed by atoms with Gasteiger partial charge in [0.1, 0.15) is 11.7 Å². The highest BCUT2D eigenvalue weighted by Gasteiger charge is 2.41. The van der Waals surface area contributed by atoms with E-state index in [1.54, 1.807) is 0 Å². The zero-order valence-corrected chi connectivity index (χ0v) is 12.5. The predicted octanol–water partition coefficient (Wildman–Crippen LogP) is 1.61. The van der Waals surface area contributed by atoms with E-state index in [-0.39, 0.29) is 11.9 Å². The van der Waals surface area contributed by atoms with Gasteiger partial charge in [0.2, 0.25) is 5.91 Å². The summed E-state index contributed by atoms with van der Waals surface area (Å²) < 4.78 is 1.95. The summed E-state index contributed by atoms with van der Waals surface area (Å²) >= 11 is 0. The van der Waals surface area contributed by atoms with Crippen molar-refractivity contribution in [2.45, 2.75) is 57.2 Å². The molecule has 1 atom stereocenters. The van der Waals surface area contributed by atoms with E-state index in [2.05, 4.69) is 26.5 Å². The summed E-state index contributed by atoms with van der Waals surface area (Å²) in [5, 5.41) is 16.1. The molecule has 114 valence electrons. The molecule has 7 heteroatoms. The van der Waals surface area contributed by atoms with Crippen LogP contribution in [-0.4, -0.2) is 41.8 Å². The maximum Gasteiger partial charge on any atom is 0.246 e. The number of aromatic amines is 1. The number of nitrogens with zero attached hydrogens (tertiary/aromatic N) is 5. The van der Waals surface area contributed by atoms with Crippen molar-refractivity contribution in [3.05, 3.63) is 17.6 Å². The molecule has 1 amide bonds. The van der Waals surface area contributed by atoms with Crippen LogP contribution in [0.2, 0.25) is 0 Å². The van der Waals surface area contributed by atoms with Gasteiger partial charge >= 0.3 is 0 Å². The molecule has 1 N–H and O–H groups in total. The summed E-state index contributed by atoms with van der Waals surface area (Å²) in [7, 11) is 0. The summed E-state index contributed by atoms with van der Waals surface area (Å²) in [4.78, 5) is 14.6. The number of nitrogens with one attached hydrogen (secondary N) is 1. The lowest BCUT2D eigenvalue weighted by atomic mass is 10.2. The van der Waals surface area contributed by atoms with Crippen molar-refractivity contribution >= 4 is 5.91 Å². The normalized spacial score (nSPS) is 24.7. The molecule has 2 aromatic rings. The van der Waals surface area contributed by atoms with Crippen molar-refractivity contribution in [2.24, 2.45) is 0 Å². The third kappa shape index (κ3) is 1.74. The molecule has 2 fully saturated rings. The second-order valence-corrected chi connectivity index (χ2v) is 6.67. The minimum Gasteiger partial charge on any atom is -0.330 e. The number of rotatable bonds is 3. The van der Waals surface area contributed by atoms with E-state index < -0.39 is 0 Å². The Hall–Kier alpha value is -2.18. The summed E-state index contributed by atoms with van der Waals surface area (Å²) in [6.45, 7) is 2.50. The SMILES string of the molecule is CC1C(=O)N(C2CC2)Cc2nnc(-c3cc(C4CC4)[nH]n3)n21. The highest BCUT2D eigenvalue weighted by atomic mass is 16.2. The molecule has 0 bridgehead atoms. The third-order valence-corrected chi connectivity index (χ3v) is 4.94. The van der Waals surface area contributed by atoms with Crippen molar-refractivity contribution in [3.8, 4) is 11.5 Å². The molecule has 7 nitrogen and oxygen atoms in total. The Morgan fingerprint density at radius 2 is 2.05 bits per heavy atom. The van der Waals surface area contributed by atoms with E-state index in [1.807, 2.05) is 16.4 Å². The number of H-pyrrole nitrogens is 1. The summed E-state index contributed by atoms with van der Waals surface area (Å²) in [6, 6.07) is 2.21. The number of carbonyl (C=O) groups is 1. The van der Waals surface area contributed by atoms with Gasteiger partial charge in [0.05, 0.1) is 6.54 Å². The topological polar surface area (TPSA) is 79.7 Å². The van der Waals surface area contributed by atoms with E-state index in [9.17, 15) is 4.79 Å². The minimum atomic E-state index is -0.254. The fourth-order valence-electron chi connectivity index (χ4n) is 3.34. The van der Waals surface area contributed by atoms with Gasteiger partial charge in [-0.2, -0.15) is 5.10 Å². The van der Waals surface area contributed by atoms with Gasteiger partial charge in [-0.15, -0.1) is 10.2 Å². The predicted molar refractivity (Wildman–Crippen MR) is 77.9 cm³/mol. The first-order valence-electron chi connectivity index (χ1n) is 8.02. The molecular formula is C15H18N6O. The zero-order chi connectivity index (χ0) is 14.8. The molecule has 0 spiro atoms. The highest BCUT2D eigenvalue weighted by molar-refractivity contribution is 5.82. The average molecular weight is 298 g/mol. The van der Waals surface area contributed by atoms with Crippen molar-refractivity contribution in [3.63, 3.8) is 0 Å². The molecule has 0 aromatic carbocycles. The maximum absolute atomic E-state index is 12.6. The monoisotopic (exact) mass is 298 g/mol. The Morgan fingerprint density at radius 1 is 1.23 bits per heavy atom. The molecular weight excluding hydrogens is 280 g/mol. The second-order valence-electron chi connectivity index (χ2n) is 6.67. The molecule has 22 heavy (non-hydrogen) atoms. The van der Waals surface area contributed by atoms with Crippen molar-refractivity contribution in [2.75, 3.05) is 0 Å². The molecule has 2 aromatic heterocycles. The van der Waals surface area contributed by atoms with E-state index in [0.29, 0.717) is 24.3 Å². The molecule has 1 aliphatic heterocycles. The molecule has 0 saturated heterocycles. The fraction of sp³-hybridized carbons (Fsp3) is 0.600. The summed E-state index contributed by atoms with van der Waals surface area (Å²) in [5.41, 5.74) is 1.96. The van der Waals surface area contributed by atoms with E-state index in [0.717, 1.165) is 24.4 Å². The maximum atomic E-state index is 12.6. The first-order valence-corrected chi connectivity index (χ1v) is 8.02. The lowest BCUT2D eigenvalue weighted by Crippen LogP contribution is -2.43. The van der Waals surface area contributed by atoms with Crippen LogP contribution in [0.4, 0.5) is 0 Å². The molecule has 3 heterocycles. The quantitative estimate of drug-likeness (QED) is 0.933. The van der Waals surface area contributed by atoms with Gasteiger partial charge in [0.25, 0.3) is 0 Å². The van der Waals surface area contributed by atoms with Crippen LogP contribution < -0.4 is 0 Å². The Kier molecular flexibility index (Phi) is 2.35. The smallest absolute Gasteiger partial charge is 0.246 e. The number of amides is 1. The van der Waals surface area contributed by atoms with Crippen molar-refractivity contribution in [1.29, 1.82) is 0 Å². The average Bonchev–Trinajstić information content (AvgIpc) is 3.44. The van der Waals surface area contributed by atoms with E-state index in [4.69, 9.17) is 0 Å². The number of hydrogen-bond acceptors (Lipinski definition) is 4. The van der Waals surface area contributed by atoms with Crippen LogP contribution in [0.25, 0.3) is 11.5 Å². The van der Waals surface area contributed by atoms with Gasteiger partial charge in [-0.3, -0.25) is 14.5 Å². The van der Waals surface area contributed by atoms with E-state index in [1.165, 1.54) is 18.5 Å². The first kappa shape index (κ1) is 12.4. The van der Waals surface area contributed by atoms with Gasteiger partial charge in [0, 0.05) is 17.7 Å².